The second-order valence-corrected chi connectivity index (χ2v) is 6.82. The molecule has 0 spiro atoms. The molecule has 0 bridgehead atoms. The number of hydrogen-bond acceptors (Lipinski definition) is 4. The second-order valence-electron chi connectivity index (χ2n) is 6.82. The minimum absolute atomic E-state index is 0.255. The molecular weight excluding hydrogens is 371 g/mol. The van der Waals surface area contributed by atoms with Crippen molar-refractivity contribution in [1.29, 1.82) is 0 Å². The van der Waals surface area contributed by atoms with E-state index < -0.39 is 11.7 Å². The number of hydrogen-bond donors (Lipinski definition) is 1. The summed E-state index contributed by atoms with van der Waals surface area (Å²) in [4.78, 5) is 21.9. The van der Waals surface area contributed by atoms with Crippen LogP contribution >= 0.6 is 0 Å². The molecule has 0 fully saturated rings. The first kappa shape index (κ1) is 18.4. The zero-order chi connectivity index (χ0) is 19.9. The highest BCUT2D eigenvalue weighted by Crippen LogP contribution is 2.30. The average Bonchev–Trinajstić information content (AvgIpc) is 3.06. The van der Waals surface area contributed by atoms with Gasteiger partial charge in [0.25, 0.3) is 5.56 Å². The largest absolute Gasteiger partial charge is 0.416 e. The molecule has 1 aliphatic rings. The fourth-order valence-electron chi connectivity index (χ4n) is 3.36. The second kappa shape index (κ2) is 6.90. The van der Waals surface area contributed by atoms with Crippen LogP contribution in [0.1, 0.15) is 22.5 Å². The molecule has 0 atom stereocenters. The van der Waals surface area contributed by atoms with Gasteiger partial charge in [0.2, 0.25) is 0 Å². The van der Waals surface area contributed by atoms with Crippen molar-refractivity contribution in [1.82, 2.24) is 24.6 Å². The molecule has 1 N–H and O–H groups in total. The molecule has 1 aliphatic heterocycles. The van der Waals surface area contributed by atoms with Crippen molar-refractivity contribution in [3.63, 3.8) is 0 Å². The van der Waals surface area contributed by atoms with Crippen LogP contribution in [0.4, 0.5) is 13.2 Å². The van der Waals surface area contributed by atoms with Crippen LogP contribution in [0.2, 0.25) is 0 Å². The van der Waals surface area contributed by atoms with Gasteiger partial charge >= 0.3 is 6.18 Å². The molecule has 0 unspecified atom stereocenters. The molecule has 0 saturated heterocycles. The Hall–Kier alpha value is -2.94. The van der Waals surface area contributed by atoms with E-state index in [4.69, 9.17) is 0 Å². The van der Waals surface area contributed by atoms with E-state index in [0.29, 0.717) is 36.3 Å². The lowest BCUT2D eigenvalue weighted by atomic mass is 10.1. The summed E-state index contributed by atoms with van der Waals surface area (Å²) < 4.78 is 40.0. The molecule has 0 aliphatic carbocycles. The van der Waals surface area contributed by atoms with Crippen molar-refractivity contribution in [3.8, 4) is 11.4 Å². The van der Waals surface area contributed by atoms with Crippen molar-refractivity contribution in [2.75, 3.05) is 6.54 Å². The molecule has 6 nitrogen and oxygen atoms in total. The van der Waals surface area contributed by atoms with Gasteiger partial charge in [-0.05, 0) is 18.2 Å². The summed E-state index contributed by atoms with van der Waals surface area (Å²) in [5, 5.41) is 4.15. The maximum absolute atomic E-state index is 12.7. The smallest absolute Gasteiger partial charge is 0.306 e. The molecule has 9 heteroatoms. The molecule has 3 aromatic rings. The van der Waals surface area contributed by atoms with Crippen LogP contribution in [-0.4, -0.2) is 31.2 Å². The van der Waals surface area contributed by atoms with Crippen molar-refractivity contribution in [3.05, 3.63) is 69.4 Å². The number of alkyl halides is 3. The fourth-order valence-corrected chi connectivity index (χ4v) is 3.36. The van der Waals surface area contributed by atoms with Crippen LogP contribution in [0.25, 0.3) is 11.4 Å². The van der Waals surface area contributed by atoms with Gasteiger partial charge < -0.3 is 4.98 Å². The van der Waals surface area contributed by atoms with Gasteiger partial charge in [-0.25, -0.2) is 4.98 Å². The highest BCUT2D eigenvalue weighted by Gasteiger charge is 2.30. The van der Waals surface area contributed by atoms with Crippen LogP contribution in [0.5, 0.6) is 0 Å². The zero-order valence-electron chi connectivity index (χ0n) is 15.1. The predicted molar refractivity (Wildman–Crippen MR) is 96.3 cm³/mol. The lowest BCUT2D eigenvalue weighted by Crippen LogP contribution is -2.35. The number of nitrogens with zero attached hydrogens (tertiary/aromatic N) is 4. The summed E-state index contributed by atoms with van der Waals surface area (Å²) in [6.07, 6.45) is -2.06. The molecule has 28 heavy (non-hydrogen) atoms. The number of aromatic amines is 1. The van der Waals surface area contributed by atoms with Crippen LogP contribution in [0.3, 0.4) is 0 Å². The van der Waals surface area contributed by atoms with Gasteiger partial charge in [-0.2, -0.15) is 18.3 Å². The zero-order valence-corrected chi connectivity index (χ0v) is 15.1. The Kier molecular flexibility index (Phi) is 4.54. The Labute approximate surface area is 158 Å². The maximum Gasteiger partial charge on any atom is 0.416 e. The average molecular weight is 389 g/mol. The number of H-pyrrole nitrogens is 1. The predicted octanol–water partition coefficient (Wildman–Crippen LogP) is 2.75. The minimum Gasteiger partial charge on any atom is -0.306 e. The van der Waals surface area contributed by atoms with E-state index >= 15 is 0 Å². The van der Waals surface area contributed by atoms with E-state index in [-0.39, 0.29) is 11.4 Å². The minimum atomic E-state index is -4.40. The van der Waals surface area contributed by atoms with Crippen molar-refractivity contribution in [2.24, 2.45) is 7.05 Å². The van der Waals surface area contributed by atoms with E-state index in [1.807, 2.05) is 13.1 Å². The van der Waals surface area contributed by atoms with Gasteiger partial charge in [-0.1, -0.05) is 12.1 Å². The number of benzene rings is 1. The highest BCUT2D eigenvalue weighted by atomic mass is 19.4. The van der Waals surface area contributed by atoms with Crippen molar-refractivity contribution < 1.29 is 13.2 Å². The van der Waals surface area contributed by atoms with Gasteiger partial charge in [0.05, 0.1) is 22.5 Å². The third-order valence-corrected chi connectivity index (χ3v) is 4.94. The number of halogens is 3. The monoisotopic (exact) mass is 389 g/mol. The molecule has 0 radical (unpaired) electrons. The molecule has 0 saturated carbocycles. The van der Waals surface area contributed by atoms with Gasteiger partial charge in [0.15, 0.2) is 0 Å². The van der Waals surface area contributed by atoms with E-state index in [2.05, 4.69) is 20.0 Å². The maximum atomic E-state index is 12.7. The van der Waals surface area contributed by atoms with Crippen LogP contribution < -0.4 is 5.56 Å². The Bertz CT molecular complexity index is 1050. The lowest BCUT2D eigenvalue weighted by molar-refractivity contribution is -0.137. The highest BCUT2D eigenvalue weighted by molar-refractivity contribution is 5.56. The Morgan fingerprint density at radius 1 is 1.18 bits per heavy atom. The lowest BCUT2D eigenvalue weighted by Gasteiger charge is -2.27. The first-order chi connectivity index (χ1) is 13.3. The number of aryl methyl sites for hydroxylation is 1. The van der Waals surface area contributed by atoms with E-state index in [1.54, 1.807) is 10.9 Å². The summed E-state index contributed by atoms with van der Waals surface area (Å²) in [6, 6.07) is 6.57. The SMILES string of the molecule is Cn1nccc1CN1CCc2nc(-c3ccc(C(F)(F)F)cc3)[nH]c(=O)c2C1. The molecular formula is C19H18F3N5O. The fraction of sp³-hybridized carbons (Fsp3) is 0.316. The number of rotatable bonds is 3. The topological polar surface area (TPSA) is 66.8 Å². The van der Waals surface area contributed by atoms with Gasteiger partial charge in [0, 0.05) is 44.9 Å². The quantitative estimate of drug-likeness (QED) is 0.748. The summed E-state index contributed by atoms with van der Waals surface area (Å²) in [7, 11) is 1.87. The third-order valence-electron chi connectivity index (χ3n) is 4.94. The van der Waals surface area contributed by atoms with Gasteiger partial charge in [0.1, 0.15) is 5.82 Å². The van der Waals surface area contributed by atoms with Crippen LogP contribution in [-0.2, 0) is 32.7 Å². The molecule has 3 heterocycles. The molecule has 1 aromatic carbocycles. The normalized spacial score (nSPS) is 14.9. The Balaban J connectivity index is 1.58. The van der Waals surface area contributed by atoms with E-state index in [0.717, 1.165) is 24.4 Å². The van der Waals surface area contributed by atoms with Crippen molar-refractivity contribution in [2.45, 2.75) is 25.7 Å². The molecule has 4 rings (SSSR count). The van der Waals surface area contributed by atoms with Crippen molar-refractivity contribution >= 4 is 0 Å². The van der Waals surface area contributed by atoms with E-state index in [9.17, 15) is 18.0 Å². The van der Waals surface area contributed by atoms with Crippen LogP contribution in [0.15, 0.2) is 41.3 Å². The van der Waals surface area contributed by atoms with Gasteiger partial charge in [-0.3, -0.25) is 14.4 Å². The summed E-state index contributed by atoms with van der Waals surface area (Å²) in [5.41, 5.74) is 1.81. The standard InChI is InChI=1S/C19H18F3N5O/c1-26-14(6-8-23-26)10-27-9-7-16-15(11-27)18(28)25-17(24-16)12-2-4-13(5-3-12)19(20,21)22/h2-6,8H,7,9-11H2,1H3,(H,24,25,28). The first-order valence-corrected chi connectivity index (χ1v) is 8.80. The molecule has 146 valence electrons. The summed E-state index contributed by atoms with van der Waals surface area (Å²) in [5.74, 6) is 0.289. The number of nitrogens with one attached hydrogen (secondary N) is 1. The molecule has 2 aromatic heterocycles. The van der Waals surface area contributed by atoms with E-state index in [1.165, 1.54) is 12.1 Å². The third kappa shape index (κ3) is 3.57. The number of fused-ring (bicyclic) bond motifs is 1. The molecule has 0 amide bonds. The Morgan fingerprint density at radius 3 is 2.57 bits per heavy atom. The van der Waals surface area contributed by atoms with Gasteiger partial charge in [-0.15, -0.1) is 0 Å². The first-order valence-electron chi connectivity index (χ1n) is 8.80. The number of aromatic nitrogens is 4. The summed E-state index contributed by atoms with van der Waals surface area (Å²) >= 11 is 0. The summed E-state index contributed by atoms with van der Waals surface area (Å²) in [6.45, 7) is 1.88. The Morgan fingerprint density at radius 2 is 1.93 bits per heavy atom. The van der Waals surface area contributed by atoms with Crippen LogP contribution in [0, 0.1) is 0 Å².